The van der Waals surface area contributed by atoms with Gasteiger partial charge in [0.25, 0.3) is 5.56 Å². The Kier molecular flexibility index (Phi) is 6.09. The fourth-order valence-corrected chi connectivity index (χ4v) is 3.27. The lowest BCUT2D eigenvalue weighted by atomic mass is 9.96. The number of ether oxygens (including phenoxy) is 2. The van der Waals surface area contributed by atoms with E-state index in [0.717, 1.165) is 18.2 Å². The first-order valence-electron chi connectivity index (χ1n) is 9.45. The van der Waals surface area contributed by atoms with E-state index < -0.39 is 5.97 Å². The number of aromatic nitrogens is 2. The molecule has 0 N–H and O–H groups in total. The van der Waals surface area contributed by atoms with Crippen LogP contribution in [0.5, 0.6) is 5.75 Å². The van der Waals surface area contributed by atoms with E-state index in [-0.39, 0.29) is 17.7 Å². The van der Waals surface area contributed by atoms with E-state index in [0.29, 0.717) is 29.1 Å². The van der Waals surface area contributed by atoms with E-state index in [1.54, 1.807) is 36.9 Å². The fourth-order valence-electron chi connectivity index (χ4n) is 3.27. The van der Waals surface area contributed by atoms with Crippen molar-refractivity contribution in [2.24, 2.45) is 0 Å². The lowest BCUT2D eigenvalue weighted by Crippen LogP contribution is -2.29. The van der Waals surface area contributed by atoms with Crippen LogP contribution in [0.1, 0.15) is 37.0 Å². The molecule has 0 radical (unpaired) electrons. The normalized spacial score (nSPS) is 10.8. The number of carbonyl (C=O) groups is 1. The summed E-state index contributed by atoms with van der Waals surface area (Å²) < 4.78 is 12.1. The molecule has 0 amide bonds. The number of pyridine rings is 2. The highest BCUT2D eigenvalue weighted by atomic mass is 16.5. The van der Waals surface area contributed by atoms with Gasteiger partial charge in [0.15, 0.2) is 0 Å². The Labute approximate surface area is 163 Å². The Morgan fingerprint density at radius 3 is 2.71 bits per heavy atom. The number of rotatable bonds is 7. The van der Waals surface area contributed by atoms with Gasteiger partial charge in [0, 0.05) is 23.7 Å². The van der Waals surface area contributed by atoms with Crippen LogP contribution in [0.15, 0.2) is 47.4 Å². The molecule has 0 bridgehead atoms. The first-order valence-corrected chi connectivity index (χ1v) is 9.45. The molecule has 0 aliphatic rings. The van der Waals surface area contributed by atoms with Gasteiger partial charge < -0.3 is 9.47 Å². The third kappa shape index (κ3) is 3.63. The molecule has 0 spiro atoms. The summed E-state index contributed by atoms with van der Waals surface area (Å²) in [6.07, 6.45) is 3.39. The minimum Gasteiger partial charge on any atom is -0.497 e. The molecule has 6 heteroatoms. The molecule has 3 aromatic rings. The number of unbranched alkanes of at least 4 members (excludes halogenated alkanes) is 1. The van der Waals surface area contributed by atoms with Gasteiger partial charge in [-0.1, -0.05) is 25.5 Å². The van der Waals surface area contributed by atoms with Crippen molar-refractivity contribution in [3.05, 3.63) is 58.5 Å². The van der Waals surface area contributed by atoms with Crippen molar-refractivity contribution in [2.75, 3.05) is 13.7 Å². The quantitative estimate of drug-likeness (QED) is 0.578. The molecule has 0 saturated heterocycles. The maximum Gasteiger partial charge on any atom is 0.344 e. The Balaban J connectivity index is 2.41. The number of benzene rings is 1. The van der Waals surface area contributed by atoms with Crippen molar-refractivity contribution in [2.45, 2.75) is 33.2 Å². The highest BCUT2D eigenvalue weighted by Crippen LogP contribution is 2.32. The molecular weight excluding hydrogens is 356 g/mol. The fraction of sp³-hybridized carbons (Fsp3) is 0.318. The smallest absolute Gasteiger partial charge is 0.344 e. The number of fused-ring (bicyclic) bond motifs is 1. The molecule has 2 heterocycles. The van der Waals surface area contributed by atoms with Crippen LogP contribution < -0.4 is 10.3 Å². The third-order valence-corrected chi connectivity index (χ3v) is 4.59. The van der Waals surface area contributed by atoms with Gasteiger partial charge in [-0.15, -0.1) is 0 Å². The van der Waals surface area contributed by atoms with Gasteiger partial charge in [-0.25, -0.2) is 9.78 Å². The summed E-state index contributed by atoms with van der Waals surface area (Å²) in [7, 11) is 1.58. The SMILES string of the molecule is CCCCn1c(=O)c(C(=O)OCC)c(-c2cccc(OC)c2)c2cccnc21. The third-order valence-electron chi connectivity index (χ3n) is 4.59. The zero-order chi connectivity index (χ0) is 20.1. The second-order valence-corrected chi connectivity index (χ2v) is 6.39. The summed E-state index contributed by atoms with van der Waals surface area (Å²) >= 11 is 0. The van der Waals surface area contributed by atoms with Crippen molar-refractivity contribution in [3.8, 4) is 16.9 Å². The average Bonchev–Trinajstić information content (AvgIpc) is 2.72. The summed E-state index contributed by atoms with van der Waals surface area (Å²) in [5, 5.41) is 0.731. The van der Waals surface area contributed by atoms with Gasteiger partial charge in [-0.05, 0) is 43.2 Å². The lowest BCUT2D eigenvalue weighted by Gasteiger charge is -2.17. The van der Waals surface area contributed by atoms with Gasteiger partial charge >= 0.3 is 5.97 Å². The van der Waals surface area contributed by atoms with Crippen LogP contribution >= 0.6 is 0 Å². The van der Waals surface area contributed by atoms with E-state index in [1.165, 1.54) is 0 Å². The van der Waals surface area contributed by atoms with E-state index in [9.17, 15) is 9.59 Å². The monoisotopic (exact) mass is 380 g/mol. The molecule has 0 atom stereocenters. The van der Waals surface area contributed by atoms with Gasteiger partial charge in [-0.3, -0.25) is 9.36 Å². The van der Waals surface area contributed by atoms with E-state index in [4.69, 9.17) is 9.47 Å². The maximum absolute atomic E-state index is 13.3. The predicted molar refractivity (Wildman–Crippen MR) is 109 cm³/mol. The number of hydrogen-bond acceptors (Lipinski definition) is 5. The second kappa shape index (κ2) is 8.69. The zero-order valence-corrected chi connectivity index (χ0v) is 16.4. The number of aryl methyl sites for hydroxylation is 1. The maximum atomic E-state index is 13.3. The van der Waals surface area contributed by atoms with E-state index >= 15 is 0 Å². The summed E-state index contributed by atoms with van der Waals surface area (Å²) in [4.78, 5) is 30.6. The molecule has 0 aliphatic carbocycles. The Hall–Kier alpha value is -3.15. The summed E-state index contributed by atoms with van der Waals surface area (Å²) in [6.45, 7) is 4.46. The van der Waals surface area contributed by atoms with Crippen molar-refractivity contribution in [3.63, 3.8) is 0 Å². The minimum absolute atomic E-state index is 0.0340. The van der Waals surface area contributed by atoms with Crippen LogP contribution in [-0.2, 0) is 11.3 Å². The second-order valence-electron chi connectivity index (χ2n) is 6.39. The summed E-state index contributed by atoms with van der Waals surface area (Å²) in [5.41, 5.74) is 1.45. The Morgan fingerprint density at radius 1 is 1.18 bits per heavy atom. The first-order chi connectivity index (χ1) is 13.6. The van der Waals surface area contributed by atoms with Gasteiger partial charge in [0.2, 0.25) is 0 Å². The molecule has 0 saturated carbocycles. The number of nitrogens with zero attached hydrogens (tertiary/aromatic N) is 2. The molecule has 2 aromatic heterocycles. The molecule has 1 aromatic carbocycles. The largest absolute Gasteiger partial charge is 0.497 e. The molecule has 6 nitrogen and oxygen atoms in total. The Morgan fingerprint density at radius 2 is 2.00 bits per heavy atom. The molecule has 146 valence electrons. The minimum atomic E-state index is -0.624. The van der Waals surface area contributed by atoms with Crippen LogP contribution in [0.25, 0.3) is 22.2 Å². The number of hydrogen-bond donors (Lipinski definition) is 0. The molecular formula is C22H24N2O4. The van der Waals surface area contributed by atoms with Gasteiger partial charge in [-0.2, -0.15) is 0 Å². The standard InChI is InChI=1S/C22H24N2O4/c1-4-6-13-24-20-17(11-8-12-23-20)18(15-9-7-10-16(14-15)27-3)19(21(24)25)22(26)28-5-2/h7-12,14H,4-6,13H2,1-3H3. The van der Waals surface area contributed by atoms with Crippen LogP contribution in [0.2, 0.25) is 0 Å². The van der Waals surface area contributed by atoms with Crippen molar-refractivity contribution in [1.82, 2.24) is 9.55 Å². The summed E-state index contributed by atoms with van der Waals surface area (Å²) in [6, 6.07) is 11.0. The van der Waals surface area contributed by atoms with Crippen molar-refractivity contribution >= 4 is 17.0 Å². The van der Waals surface area contributed by atoms with Crippen molar-refractivity contribution in [1.29, 1.82) is 0 Å². The predicted octanol–water partition coefficient (Wildman–Crippen LogP) is 4.05. The topological polar surface area (TPSA) is 70.4 Å². The molecule has 0 unspecified atom stereocenters. The van der Waals surface area contributed by atoms with E-state index in [2.05, 4.69) is 11.9 Å². The lowest BCUT2D eigenvalue weighted by molar-refractivity contribution is 0.0524. The molecule has 0 aliphatic heterocycles. The van der Waals surface area contributed by atoms with E-state index in [1.807, 2.05) is 24.3 Å². The summed E-state index contributed by atoms with van der Waals surface area (Å²) in [5.74, 6) is 0.0147. The molecule has 28 heavy (non-hydrogen) atoms. The van der Waals surface area contributed by atoms with Crippen LogP contribution in [0.3, 0.4) is 0 Å². The highest BCUT2D eigenvalue weighted by Gasteiger charge is 2.25. The van der Waals surface area contributed by atoms with Gasteiger partial charge in [0.05, 0.1) is 13.7 Å². The highest BCUT2D eigenvalue weighted by molar-refractivity contribution is 6.06. The number of methoxy groups -OCH3 is 1. The number of carbonyl (C=O) groups excluding carboxylic acids is 1. The first kappa shape index (κ1) is 19.6. The average molecular weight is 380 g/mol. The Bertz CT molecular complexity index is 1060. The van der Waals surface area contributed by atoms with Crippen LogP contribution in [-0.4, -0.2) is 29.2 Å². The van der Waals surface area contributed by atoms with Gasteiger partial charge in [0.1, 0.15) is 17.0 Å². The van der Waals surface area contributed by atoms with Crippen LogP contribution in [0.4, 0.5) is 0 Å². The van der Waals surface area contributed by atoms with Crippen molar-refractivity contribution < 1.29 is 14.3 Å². The van der Waals surface area contributed by atoms with Crippen LogP contribution in [0, 0.1) is 0 Å². The zero-order valence-electron chi connectivity index (χ0n) is 16.4. The number of esters is 1. The molecule has 0 fully saturated rings. The molecule has 3 rings (SSSR count).